The van der Waals surface area contributed by atoms with E-state index in [4.69, 9.17) is 10.6 Å². The van der Waals surface area contributed by atoms with E-state index < -0.39 is 6.10 Å². The van der Waals surface area contributed by atoms with Gasteiger partial charge in [-0.3, -0.25) is 10.2 Å². The Morgan fingerprint density at radius 3 is 2.86 bits per heavy atom. The molecule has 0 rings (SSSR count). The van der Waals surface area contributed by atoms with Gasteiger partial charge in [-0.25, -0.2) is 5.84 Å². The third kappa shape index (κ3) is 6.79. The number of hydrazine groups is 1. The second kappa shape index (κ2) is 7.69. The van der Waals surface area contributed by atoms with Crippen molar-refractivity contribution in [1.82, 2.24) is 10.3 Å². The van der Waals surface area contributed by atoms with E-state index in [9.17, 15) is 9.90 Å². The number of nitrogens with one attached hydrogen (secondary N) is 1. The molecule has 0 aromatic heterocycles. The Bertz CT molecular complexity index is 166. The molecule has 0 saturated heterocycles. The monoisotopic (exact) mass is 205 g/mol. The molecule has 0 aliphatic carbocycles. The van der Waals surface area contributed by atoms with Crippen molar-refractivity contribution in [2.45, 2.75) is 12.5 Å². The highest BCUT2D eigenvalue weighted by Gasteiger charge is 2.08. The van der Waals surface area contributed by atoms with E-state index in [1.54, 1.807) is 0 Å². The second-order valence-electron chi connectivity index (χ2n) is 3.19. The first kappa shape index (κ1) is 13.3. The van der Waals surface area contributed by atoms with E-state index in [0.717, 1.165) is 0 Å². The van der Waals surface area contributed by atoms with Gasteiger partial charge in [0.05, 0.1) is 12.7 Å². The average molecular weight is 205 g/mol. The van der Waals surface area contributed by atoms with Crippen LogP contribution in [0.2, 0.25) is 0 Å². The first-order chi connectivity index (χ1) is 6.60. The van der Waals surface area contributed by atoms with Crippen molar-refractivity contribution in [3.63, 3.8) is 0 Å². The van der Waals surface area contributed by atoms with E-state index in [2.05, 4.69) is 0 Å². The fourth-order valence-electron chi connectivity index (χ4n) is 1.06. The molecular formula is C8H19N3O3. The second-order valence-corrected chi connectivity index (χ2v) is 3.19. The van der Waals surface area contributed by atoms with Gasteiger partial charge in [0.25, 0.3) is 0 Å². The van der Waals surface area contributed by atoms with Crippen molar-refractivity contribution in [2.24, 2.45) is 5.84 Å². The van der Waals surface area contributed by atoms with Gasteiger partial charge in [-0.1, -0.05) is 0 Å². The Morgan fingerprint density at radius 2 is 2.36 bits per heavy atom. The fraction of sp³-hybridized carbons (Fsp3) is 0.875. The number of hydrogen-bond acceptors (Lipinski definition) is 5. The lowest BCUT2D eigenvalue weighted by Crippen LogP contribution is -2.36. The van der Waals surface area contributed by atoms with E-state index in [-0.39, 0.29) is 5.91 Å². The molecule has 6 nitrogen and oxygen atoms in total. The number of amides is 1. The molecule has 0 aliphatic rings. The highest BCUT2D eigenvalue weighted by atomic mass is 16.5. The molecule has 14 heavy (non-hydrogen) atoms. The Morgan fingerprint density at radius 1 is 1.71 bits per heavy atom. The number of likely N-dealkylation sites (N-methyl/N-ethyl adjacent to an activating group) is 1. The minimum atomic E-state index is -0.522. The van der Waals surface area contributed by atoms with Crippen LogP contribution < -0.4 is 11.3 Å². The van der Waals surface area contributed by atoms with Gasteiger partial charge >= 0.3 is 0 Å². The molecule has 84 valence electrons. The topological polar surface area (TPSA) is 87.8 Å². The van der Waals surface area contributed by atoms with Gasteiger partial charge < -0.3 is 14.7 Å². The van der Waals surface area contributed by atoms with Crippen LogP contribution in [0.5, 0.6) is 0 Å². The van der Waals surface area contributed by atoms with Crippen LogP contribution in [-0.2, 0) is 9.53 Å². The van der Waals surface area contributed by atoms with Crippen LogP contribution in [0.3, 0.4) is 0 Å². The summed E-state index contributed by atoms with van der Waals surface area (Å²) in [5.41, 5.74) is 2.05. The average Bonchev–Trinajstić information content (AvgIpc) is 2.14. The quantitative estimate of drug-likeness (QED) is 0.262. The zero-order valence-electron chi connectivity index (χ0n) is 8.69. The Labute approximate surface area is 84.0 Å². The summed E-state index contributed by atoms with van der Waals surface area (Å²) in [6.07, 6.45) is -0.196. The summed E-state index contributed by atoms with van der Waals surface area (Å²) >= 11 is 0. The minimum Gasteiger partial charge on any atom is -0.389 e. The number of aliphatic hydroxyl groups is 1. The van der Waals surface area contributed by atoms with Gasteiger partial charge in [-0.05, 0) is 7.05 Å². The van der Waals surface area contributed by atoms with Gasteiger partial charge in [0.2, 0.25) is 5.91 Å². The van der Waals surface area contributed by atoms with Crippen molar-refractivity contribution >= 4 is 5.91 Å². The fourth-order valence-corrected chi connectivity index (χ4v) is 1.06. The molecule has 0 radical (unpaired) electrons. The number of ether oxygens (including phenoxy) is 1. The highest BCUT2D eigenvalue weighted by molar-refractivity contribution is 5.75. The van der Waals surface area contributed by atoms with Crippen LogP contribution in [0.15, 0.2) is 0 Å². The predicted molar refractivity (Wildman–Crippen MR) is 52.3 cm³/mol. The molecule has 0 aliphatic heterocycles. The molecule has 0 aromatic rings. The lowest BCUT2D eigenvalue weighted by Gasteiger charge is -2.19. The smallest absolute Gasteiger partial charge is 0.235 e. The van der Waals surface area contributed by atoms with Gasteiger partial charge in [-0.15, -0.1) is 0 Å². The molecule has 0 spiro atoms. The summed E-state index contributed by atoms with van der Waals surface area (Å²) in [6.45, 7) is 1.34. The lowest BCUT2D eigenvalue weighted by atomic mass is 10.3. The number of rotatable bonds is 7. The van der Waals surface area contributed by atoms with Crippen LogP contribution in [0, 0.1) is 0 Å². The van der Waals surface area contributed by atoms with Gasteiger partial charge in [-0.2, -0.15) is 0 Å². The maximum Gasteiger partial charge on any atom is 0.235 e. The molecular weight excluding hydrogens is 186 g/mol. The number of nitrogens with two attached hydrogens (primary N) is 1. The van der Waals surface area contributed by atoms with E-state index >= 15 is 0 Å². The molecule has 0 aromatic carbocycles. The molecule has 0 saturated carbocycles. The maximum atomic E-state index is 10.8. The van der Waals surface area contributed by atoms with Crippen LogP contribution in [0.1, 0.15) is 6.42 Å². The third-order valence-electron chi connectivity index (χ3n) is 1.76. The summed E-state index contributed by atoms with van der Waals surface area (Å²) in [7, 11) is 3.35. The van der Waals surface area contributed by atoms with Gasteiger partial charge in [0, 0.05) is 26.6 Å². The van der Waals surface area contributed by atoms with Crippen molar-refractivity contribution in [3.8, 4) is 0 Å². The number of hydrogen-bond donors (Lipinski definition) is 3. The summed E-state index contributed by atoms with van der Waals surface area (Å²) < 4.78 is 4.78. The van der Waals surface area contributed by atoms with Crippen LogP contribution in [0.25, 0.3) is 0 Å². The molecule has 0 bridgehead atoms. The van der Waals surface area contributed by atoms with Crippen molar-refractivity contribution < 1.29 is 14.6 Å². The van der Waals surface area contributed by atoms with Gasteiger partial charge in [0.1, 0.15) is 0 Å². The number of carbonyl (C=O) groups excluding carboxylic acids is 1. The number of carbonyl (C=O) groups is 1. The minimum absolute atomic E-state index is 0.210. The summed E-state index contributed by atoms with van der Waals surface area (Å²) in [5.74, 6) is 4.71. The molecule has 1 atom stereocenters. The summed E-state index contributed by atoms with van der Waals surface area (Å²) in [5, 5.41) is 9.35. The largest absolute Gasteiger partial charge is 0.389 e. The maximum absolute atomic E-state index is 10.8. The van der Waals surface area contributed by atoms with E-state index in [0.29, 0.717) is 26.1 Å². The molecule has 0 fully saturated rings. The van der Waals surface area contributed by atoms with E-state index in [1.807, 2.05) is 17.4 Å². The number of aliphatic hydroxyl groups excluding tert-OH is 1. The molecule has 6 heteroatoms. The zero-order chi connectivity index (χ0) is 11.0. The molecule has 0 heterocycles. The Kier molecular flexibility index (Phi) is 7.31. The lowest BCUT2D eigenvalue weighted by molar-refractivity contribution is -0.121. The van der Waals surface area contributed by atoms with Crippen molar-refractivity contribution in [2.75, 3.05) is 33.9 Å². The van der Waals surface area contributed by atoms with Crippen molar-refractivity contribution in [3.05, 3.63) is 0 Å². The first-order valence-electron chi connectivity index (χ1n) is 4.45. The van der Waals surface area contributed by atoms with Crippen molar-refractivity contribution in [1.29, 1.82) is 0 Å². The SMILES string of the molecule is COCC(O)CN(C)CCC(=O)NN. The number of nitrogens with zero attached hydrogens (tertiary/aromatic N) is 1. The van der Waals surface area contributed by atoms with Crippen LogP contribution in [-0.4, -0.2) is 55.9 Å². The zero-order valence-corrected chi connectivity index (χ0v) is 8.69. The third-order valence-corrected chi connectivity index (χ3v) is 1.76. The highest BCUT2D eigenvalue weighted by Crippen LogP contribution is 1.92. The van der Waals surface area contributed by atoms with Crippen LogP contribution in [0.4, 0.5) is 0 Å². The molecule has 1 unspecified atom stereocenters. The standard InChI is InChI=1S/C8H19N3O3/c1-11(4-3-8(13)10-9)5-7(12)6-14-2/h7,12H,3-6,9H2,1-2H3,(H,10,13). The predicted octanol–water partition coefficient (Wildman–Crippen LogP) is -1.69. The first-order valence-corrected chi connectivity index (χ1v) is 4.45. The Balaban J connectivity index is 3.54. The van der Waals surface area contributed by atoms with Gasteiger partial charge in [0.15, 0.2) is 0 Å². The summed E-state index contributed by atoms with van der Waals surface area (Å²) in [4.78, 5) is 12.6. The van der Waals surface area contributed by atoms with E-state index in [1.165, 1.54) is 7.11 Å². The number of methoxy groups -OCH3 is 1. The Hall–Kier alpha value is -0.690. The summed E-state index contributed by atoms with van der Waals surface area (Å²) in [6, 6.07) is 0. The molecule has 1 amide bonds. The van der Waals surface area contributed by atoms with Crippen LogP contribution >= 0.6 is 0 Å². The normalized spacial score (nSPS) is 12.9. The molecule has 4 N–H and O–H groups in total.